The molecule has 0 saturated carbocycles. The summed E-state index contributed by atoms with van der Waals surface area (Å²) in [5.74, 6) is -0.487. The van der Waals surface area contributed by atoms with E-state index >= 15 is 0 Å². The zero-order valence-corrected chi connectivity index (χ0v) is 19.4. The first kappa shape index (κ1) is 23.8. The summed E-state index contributed by atoms with van der Waals surface area (Å²) in [6, 6.07) is 5.40. The smallest absolute Gasteiger partial charge is 0.341 e. The van der Waals surface area contributed by atoms with Gasteiger partial charge >= 0.3 is 5.97 Å². The molecule has 0 radical (unpaired) electrons. The van der Waals surface area contributed by atoms with Gasteiger partial charge in [-0.3, -0.25) is 9.47 Å². The molecule has 1 aromatic carbocycles. The van der Waals surface area contributed by atoms with Crippen molar-refractivity contribution in [2.24, 2.45) is 0 Å². The van der Waals surface area contributed by atoms with E-state index in [0.29, 0.717) is 32.1 Å². The number of aromatic nitrogens is 1. The molecule has 32 heavy (non-hydrogen) atoms. The zero-order chi connectivity index (χ0) is 23.5. The van der Waals surface area contributed by atoms with E-state index in [0.717, 1.165) is 35.3 Å². The summed E-state index contributed by atoms with van der Waals surface area (Å²) in [5, 5.41) is 11.6. The number of carboxylic acid groups (broad SMARTS) is 1. The number of hydrogen-bond acceptors (Lipinski definition) is 6. The molecule has 8 nitrogen and oxygen atoms in total. The maximum atomic E-state index is 12.6. The molecule has 0 fully saturated rings. The Bertz CT molecular complexity index is 1040. The van der Waals surface area contributed by atoms with Crippen molar-refractivity contribution < 1.29 is 24.1 Å². The van der Waals surface area contributed by atoms with Gasteiger partial charge in [-0.15, -0.1) is 0 Å². The lowest BCUT2D eigenvalue weighted by atomic mass is 9.94. The number of fused-ring (bicyclic) bond motifs is 3. The number of carbonyl (C=O) groups is 1. The number of hydrogen-bond donors (Lipinski definition) is 1. The van der Waals surface area contributed by atoms with Crippen LogP contribution >= 0.6 is 0 Å². The molecule has 1 aliphatic heterocycles. The molecule has 3 rings (SSSR count). The summed E-state index contributed by atoms with van der Waals surface area (Å²) >= 11 is 0. The zero-order valence-electron chi connectivity index (χ0n) is 19.4. The van der Waals surface area contributed by atoms with Crippen LogP contribution in [0.3, 0.4) is 0 Å². The van der Waals surface area contributed by atoms with E-state index in [1.807, 2.05) is 16.8 Å². The monoisotopic (exact) mass is 444 g/mol. The van der Waals surface area contributed by atoms with Crippen LogP contribution in [0.15, 0.2) is 29.2 Å². The van der Waals surface area contributed by atoms with Crippen LogP contribution in [-0.2, 0) is 22.6 Å². The largest absolute Gasteiger partial charge is 0.493 e. The third-order valence-electron chi connectivity index (χ3n) is 6.02. The molecule has 0 atom stereocenters. The highest BCUT2D eigenvalue weighted by atomic mass is 16.5. The van der Waals surface area contributed by atoms with Crippen LogP contribution in [0, 0.1) is 0 Å². The van der Waals surface area contributed by atoms with Crippen molar-refractivity contribution in [3.63, 3.8) is 0 Å². The molecule has 2 heterocycles. The fourth-order valence-corrected chi connectivity index (χ4v) is 3.83. The van der Waals surface area contributed by atoms with Crippen molar-refractivity contribution in [1.29, 1.82) is 0 Å². The number of aromatic carboxylic acids is 1. The first-order valence-electron chi connectivity index (χ1n) is 10.8. The van der Waals surface area contributed by atoms with Crippen molar-refractivity contribution in [2.45, 2.75) is 52.3 Å². The second kappa shape index (κ2) is 9.75. The Hall–Kier alpha value is -2.84. The molecule has 2 aromatic rings. The molecular weight excluding hydrogens is 412 g/mol. The highest BCUT2D eigenvalue weighted by Crippen LogP contribution is 2.37. The SMILES string of the molecule is CCC(C)(C)N1Cc2cc(OCCCOC)c(COC)cc2-c2cc(=O)c(C(=O)O)cn21. The van der Waals surface area contributed by atoms with Gasteiger partial charge in [0.25, 0.3) is 0 Å². The summed E-state index contributed by atoms with van der Waals surface area (Å²) in [7, 11) is 3.28. The fourth-order valence-electron chi connectivity index (χ4n) is 3.83. The van der Waals surface area contributed by atoms with Gasteiger partial charge in [0.2, 0.25) is 0 Å². The van der Waals surface area contributed by atoms with Gasteiger partial charge in [0.1, 0.15) is 11.3 Å². The maximum absolute atomic E-state index is 12.6. The van der Waals surface area contributed by atoms with Crippen LogP contribution in [0.2, 0.25) is 0 Å². The van der Waals surface area contributed by atoms with Crippen LogP contribution in [0.5, 0.6) is 5.75 Å². The molecule has 0 spiro atoms. The lowest BCUT2D eigenvalue weighted by Gasteiger charge is -2.45. The molecule has 0 aliphatic carbocycles. The second-order valence-corrected chi connectivity index (χ2v) is 8.55. The first-order valence-corrected chi connectivity index (χ1v) is 10.8. The van der Waals surface area contributed by atoms with Crippen LogP contribution in [0.25, 0.3) is 11.3 Å². The lowest BCUT2D eigenvalue weighted by molar-refractivity contribution is 0.0694. The van der Waals surface area contributed by atoms with Crippen LogP contribution < -0.4 is 15.2 Å². The number of ether oxygens (including phenoxy) is 3. The van der Waals surface area contributed by atoms with Crippen molar-refractivity contribution in [1.82, 2.24) is 4.68 Å². The van der Waals surface area contributed by atoms with Gasteiger partial charge < -0.3 is 24.3 Å². The van der Waals surface area contributed by atoms with Crippen molar-refractivity contribution in [3.8, 4) is 17.0 Å². The second-order valence-electron chi connectivity index (χ2n) is 8.55. The topological polar surface area (TPSA) is 90.2 Å². The average Bonchev–Trinajstić information content (AvgIpc) is 2.76. The van der Waals surface area contributed by atoms with Crippen molar-refractivity contribution in [3.05, 3.63) is 51.3 Å². The Morgan fingerprint density at radius 1 is 1.16 bits per heavy atom. The minimum absolute atomic E-state index is 0.246. The minimum Gasteiger partial charge on any atom is -0.493 e. The van der Waals surface area contributed by atoms with Crippen LogP contribution in [0.1, 0.15) is 55.1 Å². The minimum atomic E-state index is -1.23. The molecule has 0 bridgehead atoms. The van der Waals surface area contributed by atoms with Crippen molar-refractivity contribution in [2.75, 3.05) is 32.4 Å². The van der Waals surface area contributed by atoms with E-state index in [9.17, 15) is 14.7 Å². The Labute approximate surface area is 188 Å². The molecule has 1 aliphatic rings. The number of methoxy groups -OCH3 is 2. The molecule has 1 aromatic heterocycles. The fraction of sp³-hybridized carbons (Fsp3) is 0.500. The van der Waals surface area contributed by atoms with E-state index in [4.69, 9.17) is 14.2 Å². The molecule has 0 unspecified atom stereocenters. The predicted molar refractivity (Wildman–Crippen MR) is 122 cm³/mol. The first-order chi connectivity index (χ1) is 15.2. The van der Waals surface area contributed by atoms with Gasteiger partial charge in [-0.05, 0) is 38.0 Å². The van der Waals surface area contributed by atoms with Gasteiger partial charge in [0.15, 0.2) is 5.43 Å². The number of pyridine rings is 1. The maximum Gasteiger partial charge on any atom is 0.341 e. The Morgan fingerprint density at radius 2 is 1.91 bits per heavy atom. The highest BCUT2D eigenvalue weighted by molar-refractivity contribution is 5.88. The number of rotatable bonds is 10. The van der Waals surface area contributed by atoms with E-state index < -0.39 is 11.4 Å². The number of benzene rings is 1. The van der Waals surface area contributed by atoms with Gasteiger partial charge in [-0.25, -0.2) is 4.79 Å². The van der Waals surface area contributed by atoms with Crippen LogP contribution in [0.4, 0.5) is 0 Å². The lowest BCUT2D eigenvalue weighted by Crippen LogP contribution is -2.52. The van der Waals surface area contributed by atoms with Gasteiger partial charge in [0, 0.05) is 50.6 Å². The van der Waals surface area contributed by atoms with E-state index in [-0.39, 0.29) is 11.1 Å². The third-order valence-corrected chi connectivity index (χ3v) is 6.02. The third kappa shape index (κ3) is 4.66. The summed E-state index contributed by atoms with van der Waals surface area (Å²) in [6.45, 7) is 8.32. The summed E-state index contributed by atoms with van der Waals surface area (Å²) in [6.07, 6.45) is 3.04. The summed E-state index contributed by atoms with van der Waals surface area (Å²) in [5.41, 5.74) is 2.37. The predicted octanol–water partition coefficient (Wildman–Crippen LogP) is 3.42. The molecule has 1 N–H and O–H groups in total. The van der Waals surface area contributed by atoms with Gasteiger partial charge in [0.05, 0.1) is 31.0 Å². The Kier molecular flexibility index (Phi) is 7.26. The highest BCUT2D eigenvalue weighted by Gasteiger charge is 2.33. The summed E-state index contributed by atoms with van der Waals surface area (Å²) < 4.78 is 18.3. The molecule has 8 heteroatoms. The standard InChI is InChI=1S/C24H32N2O6/c1-6-24(2,3)26-13-16-11-22(32-9-7-8-30-4)17(15-31-5)10-18(16)20-12-21(27)19(23(28)29)14-25(20)26/h10-12,14H,6-9,13,15H2,1-5H3,(H,28,29). The normalized spacial score (nSPS) is 13.0. The molecule has 0 saturated heterocycles. The Morgan fingerprint density at radius 3 is 2.53 bits per heavy atom. The molecule has 0 amide bonds. The molecular formula is C24H32N2O6. The van der Waals surface area contributed by atoms with Gasteiger partial charge in [-0.2, -0.15) is 0 Å². The average molecular weight is 445 g/mol. The van der Waals surface area contributed by atoms with Crippen LogP contribution in [-0.4, -0.2) is 48.7 Å². The number of carboxylic acids is 1. The quantitative estimate of drug-likeness (QED) is 0.562. The van der Waals surface area contributed by atoms with E-state index in [1.165, 1.54) is 12.3 Å². The summed E-state index contributed by atoms with van der Waals surface area (Å²) in [4.78, 5) is 24.2. The number of nitrogens with zero attached hydrogens (tertiary/aromatic N) is 2. The van der Waals surface area contributed by atoms with Gasteiger partial charge in [-0.1, -0.05) is 6.92 Å². The van der Waals surface area contributed by atoms with E-state index in [1.54, 1.807) is 14.2 Å². The van der Waals surface area contributed by atoms with Crippen molar-refractivity contribution >= 4 is 5.97 Å². The molecule has 174 valence electrons. The van der Waals surface area contributed by atoms with E-state index in [2.05, 4.69) is 25.8 Å². The Balaban J connectivity index is 2.17.